The van der Waals surface area contributed by atoms with Crippen molar-refractivity contribution in [3.8, 4) is 0 Å². The standard InChI is InChI=1S/C21H22Si/c1-3-7-17(8-4-1)21(18-9-5-2-6-10-18)22-15-20-14-16-11-12-19(20)13-16/h1-12,16,19-21H,13-15H2. The van der Waals surface area contributed by atoms with Crippen molar-refractivity contribution in [1.29, 1.82) is 0 Å². The fourth-order valence-corrected chi connectivity index (χ4v) is 5.98. The van der Waals surface area contributed by atoms with Crippen molar-refractivity contribution in [3.05, 3.63) is 83.9 Å². The molecule has 2 radical (unpaired) electrons. The van der Waals surface area contributed by atoms with Crippen LogP contribution in [0, 0.1) is 17.8 Å². The topological polar surface area (TPSA) is 0 Å². The predicted molar refractivity (Wildman–Crippen MR) is 94.1 cm³/mol. The average molecular weight is 302 g/mol. The monoisotopic (exact) mass is 302 g/mol. The van der Waals surface area contributed by atoms with Crippen molar-refractivity contribution >= 4 is 9.52 Å². The number of allylic oxidation sites excluding steroid dienone is 2. The van der Waals surface area contributed by atoms with Crippen LogP contribution in [-0.4, -0.2) is 9.52 Å². The van der Waals surface area contributed by atoms with Crippen LogP contribution in [0.2, 0.25) is 6.04 Å². The lowest BCUT2D eigenvalue weighted by Crippen LogP contribution is -2.16. The summed E-state index contributed by atoms with van der Waals surface area (Å²) in [7, 11) is 0.988. The molecule has 0 aliphatic heterocycles. The molecule has 1 saturated carbocycles. The summed E-state index contributed by atoms with van der Waals surface area (Å²) in [5.41, 5.74) is 3.53. The second-order valence-corrected chi connectivity index (χ2v) is 8.10. The fourth-order valence-electron chi connectivity index (χ4n) is 4.12. The molecule has 2 aliphatic rings. The minimum absolute atomic E-state index is 0.575. The van der Waals surface area contributed by atoms with Crippen molar-refractivity contribution in [2.45, 2.75) is 24.4 Å². The Morgan fingerprint density at radius 3 is 1.95 bits per heavy atom. The zero-order valence-corrected chi connectivity index (χ0v) is 13.9. The van der Waals surface area contributed by atoms with Gasteiger partial charge in [-0.05, 0) is 47.3 Å². The van der Waals surface area contributed by atoms with E-state index < -0.39 is 0 Å². The van der Waals surface area contributed by atoms with Gasteiger partial charge in [0.05, 0.1) is 9.52 Å². The maximum atomic E-state index is 2.49. The Labute approximate surface area is 136 Å². The first-order chi connectivity index (χ1) is 10.9. The highest BCUT2D eigenvalue weighted by Crippen LogP contribution is 2.45. The van der Waals surface area contributed by atoms with Crippen molar-refractivity contribution in [3.63, 3.8) is 0 Å². The van der Waals surface area contributed by atoms with Gasteiger partial charge in [0.1, 0.15) is 0 Å². The minimum atomic E-state index is 0.575. The van der Waals surface area contributed by atoms with Gasteiger partial charge in [0.15, 0.2) is 0 Å². The summed E-state index contributed by atoms with van der Waals surface area (Å²) in [5.74, 6) is 2.71. The molecule has 0 amide bonds. The minimum Gasteiger partial charge on any atom is -0.0851 e. The summed E-state index contributed by atoms with van der Waals surface area (Å²) in [6.07, 6.45) is 7.81. The molecule has 2 aliphatic carbocycles. The van der Waals surface area contributed by atoms with E-state index in [2.05, 4.69) is 72.8 Å². The van der Waals surface area contributed by atoms with Crippen LogP contribution in [0.1, 0.15) is 29.5 Å². The molecule has 2 bridgehead atoms. The molecule has 1 heteroatoms. The molecule has 3 atom stereocenters. The third-order valence-electron chi connectivity index (χ3n) is 5.27. The molecule has 0 heterocycles. The molecule has 0 spiro atoms. The first-order valence-electron chi connectivity index (χ1n) is 8.42. The van der Waals surface area contributed by atoms with Gasteiger partial charge in [0.25, 0.3) is 0 Å². The molecule has 2 aromatic carbocycles. The van der Waals surface area contributed by atoms with E-state index in [1.165, 1.54) is 30.0 Å². The van der Waals surface area contributed by atoms with Gasteiger partial charge >= 0.3 is 0 Å². The average Bonchev–Trinajstić information content (AvgIpc) is 3.20. The van der Waals surface area contributed by atoms with E-state index >= 15 is 0 Å². The maximum Gasteiger partial charge on any atom is 0.0537 e. The van der Waals surface area contributed by atoms with E-state index in [1.807, 2.05) is 0 Å². The van der Waals surface area contributed by atoms with Crippen LogP contribution in [0.5, 0.6) is 0 Å². The van der Waals surface area contributed by atoms with Crippen LogP contribution in [0.3, 0.4) is 0 Å². The predicted octanol–water partition coefficient (Wildman–Crippen LogP) is 5.11. The molecular weight excluding hydrogens is 280 g/mol. The Morgan fingerprint density at radius 1 is 0.818 bits per heavy atom. The Hall–Kier alpha value is -1.60. The lowest BCUT2D eigenvalue weighted by atomic mass is 9.96. The molecule has 1 fully saturated rings. The lowest BCUT2D eigenvalue weighted by molar-refractivity contribution is 0.490. The van der Waals surface area contributed by atoms with E-state index in [4.69, 9.17) is 0 Å². The second kappa shape index (κ2) is 6.25. The van der Waals surface area contributed by atoms with E-state index in [0.29, 0.717) is 5.54 Å². The smallest absolute Gasteiger partial charge is 0.0537 e. The molecule has 110 valence electrons. The van der Waals surface area contributed by atoms with Crippen LogP contribution >= 0.6 is 0 Å². The Balaban J connectivity index is 1.52. The Morgan fingerprint density at radius 2 is 1.45 bits per heavy atom. The summed E-state index contributed by atoms with van der Waals surface area (Å²) in [6, 6.07) is 23.5. The Bertz CT molecular complexity index is 592. The number of hydrogen-bond donors (Lipinski definition) is 0. The third kappa shape index (κ3) is 2.82. The van der Waals surface area contributed by atoms with E-state index in [1.54, 1.807) is 0 Å². The lowest BCUT2D eigenvalue weighted by Gasteiger charge is -2.22. The van der Waals surface area contributed by atoms with Gasteiger partial charge in [-0.2, -0.15) is 0 Å². The number of benzene rings is 2. The normalized spacial score (nSPS) is 26.0. The van der Waals surface area contributed by atoms with E-state index in [0.717, 1.165) is 27.3 Å². The zero-order chi connectivity index (χ0) is 14.8. The highest BCUT2D eigenvalue weighted by Gasteiger charge is 2.35. The molecule has 2 aromatic rings. The first kappa shape index (κ1) is 14.0. The SMILES string of the molecule is C1=CC2CC1CC2C[Si]C(c1ccccc1)c1ccccc1. The molecule has 22 heavy (non-hydrogen) atoms. The van der Waals surface area contributed by atoms with Gasteiger partial charge in [0.2, 0.25) is 0 Å². The summed E-state index contributed by atoms with van der Waals surface area (Å²) in [4.78, 5) is 0. The van der Waals surface area contributed by atoms with Crippen LogP contribution < -0.4 is 0 Å². The fraction of sp³-hybridized carbons (Fsp3) is 0.333. The third-order valence-corrected chi connectivity index (χ3v) is 7.10. The highest BCUT2D eigenvalue weighted by molar-refractivity contribution is 6.39. The van der Waals surface area contributed by atoms with Gasteiger partial charge in [-0.25, -0.2) is 0 Å². The van der Waals surface area contributed by atoms with Crippen LogP contribution in [0.4, 0.5) is 0 Å². The quantitative estimate of drug-likeness (QED) is 0.532. The number of rotatable bonds is 5. The van der Waals surface area contributed by atoms with Gasteiger partial charge < -0.3 is 0 Å². The summed E-state index contributed by atoms with van der Waals surface area (Å²) >= 11 is 0. The van der Waals surface area contributed by atoms with Crippen LogP contribution in [0.15, 0.2) is 72.8 Å². The van der Waals surface area contributed by atoms with Crippen molar-refractivity contribution in [2.24, 2.45) is 17.8 Å². The van der Waals surface area contributed by atoms with Gasteiger partial charge in [-0.15, -0.1) is 0 Å². The summed E-state index contributed by atoms with van der Waals surface area (Å²) in [6.45, 7) is 0. The van der Waals surface area contributed by atoms with Gasteiger partial charge in [0, 0.05) is 0 Å². The van der Waals surface area contributed by atoms with Crippen molar-refractivity contribution < 1.29 is 0 Å². The zero-order valence-electron chi connectivity index (χ0n) is 12.9. The summed E-state index contributed by atoms with van der Waals surface area (Å²) in [5, 5.41) is 0. The van der Waals surface area contributed by atoms with Crippen LogP contribution in [0.25, 0.3) is 0 Å². The first-order valence-corrected chi connectivity index (χ1v) is 9.70. The molecule has 0 saturated heterocycles. The highest BCUT2D eigenvalue weighted by atomic mass is 28.2. The van der Waals surface area contributed by atoms with E-state index in [9.17, 15) is 0 Å². The number of fused-ring (bicyclic) bond motifs is 2. The molecule has 0 aromatic heterocycles. The van der Waals surface area contributed by atoms with Gasteiger partial charge in [-0.1, -0.05) is 78.9 Å². The molecule has 0 nitrogen and oxygen atoms in total. The summed E-state index contributed by atoms with van der Waals surface area (Å²) < 4.78 is 0. The molecule has 0 N–H and O–H groups in total. The Kier molecular flexibility index (Phi) is 3.99. The molecular formula is C21H22Si. The second-order valence-electron chi connectivity index (χ2n) is 6.70. The van der Waals surface area contributed by atoms with Crippen molar-refractivity contribution in [1.82, 2.24) is 0 Å². The van der Waals surface area contributed by atoms with E-state index in [-0.39, 0.29) is 0 Å². The number of hydrogen-bond acceptors (Lipinski definition) is 0. The maximum absolute atomic E-state index is 2.49. The molecule has 3 unspecified atom stereocenters. The van der Waals surface area contributed by atoms with Gasteiger partial charge in [-0.3, -0.25) is 0 Å². The molecule has 4 rings (SSSR count). The van der Waals surface area contributed by atoms with Crippen molar-refractivity contribution in [2.75, 3.05) is 0 Å². The largest absolute Gasteiger partial charge is 0.0851 e. The van der Waals surface area contributed by atoms with Crippen LogP contribution in [-0.2, 0) is 0 Å².